The summed E-state index contributed by atoms with van der Waals surface area (Å²) >= 11 is 5.17. The molecule has 0 fully saturated rings. The average Bonchev–Trinajstić information content (AvgIpc) is 2.85. The molecule has 2 heterocycles. The number of halogens is 1. The zero-order valence-corrected chi connectivity index (χ0v) is 12.4. The minimum absolute atomic E-state index is 0.00148. The number of nitrogens with one attached hydrogen (secondary N) is 1. The summed E-state index contributed by atoms with van der Waals surface area (Å²) in [6.45, 7) is 4.99. The third kappa shape index (κ3) is 2.78. The van der Waals surface area contributed by atoms with Crippen LogP contribution in [0.25, 0.3) is 10.6 Å². The van der Waals surface area contributed by atoms with Gasteiger partial charge >= 0.3 is 0 Å². The number of hydrogen-bond acceptors (Lipinski definition) is 3. The number of rotatable bonds is 4. The van der Waals surface area contributed by atoms with Gasteiger partial charge in [0.15, 0.2) is 0 Å². The van der Waals surface area contributed by atoms with E-state index >= 15 is 0 Å². The van der Waals surface area contributed by atoms with E-state index in [1.165, 1.54) is 4.88 Å². The van der Waals surface area contributed by atoms with E-state index < -0.39 is 0 Å². The highest BCUT2D eigenvalue weighted by Crippen LogP contribution is 2.32. The van der Waals surface area contributed by atoms with Gasteiger partial charge in [-0.15, -0.1) is 11.3 Å². The smallest absolute Gasteiger partial charge is 0.112 e. The van der Waals surface area contributed by atoms with Crippen molar-refractivity contribution in [2.75, 3.05) is 6.54 Å². The summed E-state index contributed by atoms with van der Waals surface area (Å²) in [6, 6.07) is 4.13. The molecule has 0 saturated heterocycles. The summed E-state index contributed by atoms with van der Waals surface area (Å²) < 4.78 is 1.13. The summed E-state index contributed by atoms with van der Waals surface area (Å²) in [5.74, 6) is 1.00. The maximum absolute atomic E-state index is 5.63. The van der Waals surface area contributed by atoms with Crippen LogP contribution in [0.2, 0.25) is 0 Å². The van der Waals surface area contributed by atoms with Crippen LogP contribution in [0.3, 0.4) is 0 Å². The molecule has 17 heavy (non-hydrogen) atoms. The first-order valence-corrected chi connectivity index (χ1v) is 7.15. The molecule has 0 aromatic carbocycles. The van der Waals surface area contributed by atoms with Gasteiger partial charge in [-0.2, -0.15) is 0 Å². The molecule has 5 heteroatoms. The molecular weight excluding hydrogens is 298 g/mol. The summed E-state index contributed by atoms with van der Waals surface area (Å²) in [7, 11) is 0. The van der Waals surface area contributed by atoms with Gasteiger partial charge in [-0.1, -0.05) is 13.8 Å². The predicted octanol–water partition coefficient (Wildman–Crippen LogP) is 3.53. The predicted molar refractivity (Wildman–Crippen MR) is 76.3 cm³/mol. The van der Waals surface area contributed by atoms with Crippen LogP contribution < -0.4 is 5.73 Å². The van der Waals surface area contributed by atoms with Crippen LogP contribution in [0.1, 0.15) is 26.1 Å². The van der Waals surface area contributed by atoms with Crippen LogP contribution in [0, 0.1) is 0 Å². The minimum Gasteiger partial charge on any atom is -0.341 e. The van der Waals surface area contributed by atoms with E-state index in [4.69, 9.17) is 5.73 Å². The first-order valence-electron chi connectivity index (χ1n) is 5.54. The number of H-pyrrole nitrogens is 1. The van der Waals surface area contributed by atoms with Gasteiger partial charge in [-0.25, -0.2) is 4.98 Å². The summed E-state index contributed by atoms with van der Waals surface area (Å²) in [5.41, 5.74) is 6.70. The van der Waals surface area contributed by atoms with E-state index in [0.717, 1.165) is 21.7 Å². The number of hydrogen-bond donors (Lipinski definition) is 2. The van der Waals surface area contributed by atoms with E-state index in [9.17, 15) is 0 Å². The third-order valence-electron chi connectivity index (χ3n) is 2.82. The van der Waals surface area contributed by atoms with Crippen LogP contribution in [-0.4, -0.2) is 16.5 Å². The molecule has 0 aliphatic carbocycles. The van der Waals surface area contributed by atoms with Crippen molar-refractivity contribution in [2.45, 2.75) is 25.7 Å². The molecule has 3 nitrogen and oxygen atoms in total. The first-order chi connectivity index (χ1) is 8.03. The van der Waals surface area contributed by atoms with Gasteiger partial charge in [0.05, 0.1) is 20.6 Å². The summed E-state index contributed by atoms with van der Waals surface area (Å²) in [5, 5.41) is 0. The van der Waals surface area contributed by atoms with Crippen LogP contribution in [-0.2, 0) is 5.41 Å². The van der Waals surface area contributed by atoms with Crippen LogP contribution >= 0.6 is 27.3 Å². The Kier molecular flexibility index (Phi) is 3.70. The Balaban J connectivity index is 2.27. The van der Waals surface area contributed by atoms with Crippen molar-refractivity contribution in [3.63, 3.8) is 0 Å². The lowest BCUT2D eigenvalue weighted by Crippen LogP contribution is -2.23. The number of aromatic amines is 1. The van der Waals surface area contributed by atoms with Gasteiger partial charge in [0, 0.05) is 5.41 Å². The molecule has 2 rings (SSSR count). The Morgan fingerprint density at radius 2 is 2.24 bits per heavy atom. The Morgan fingerprint density at radius 3 is 2.82 bits per heavy atom. The fourth-order valence-corrected chi connectivity index (χ4v) is 3.08. The Labute approximate surface area is 114 Å². The molecule has 0 spiro atoms. The summed E-state index contributed by atoms with van der Waals surface area (Å²) in [6.07, 6.45) is 2.82. The molecule has 0 bridgehead atoms. The van der Waals surface area contributed by atoms with E-state index in [1.54, 1.807) is 11.3 Å². The molecule has 2 aromatic heterocycles. The largest absolute Gasteiger partial charge is 0.341 e. The quantitative estimate of drug-likeness (QED) is 0.907. The van der Waals surface area contributed by atoms with Crippen LogP contribution in [0.15, 0.2) is 22.1 Å². The second-order valence-electron chi connectivity index (χ2n) is 4.67. The Bertz CT molecular complexity index is 501. The van der Waals surface area contributed by atoms with E-state index in [1.807, 2.05) is 12.3 Å². The Hall–Kier alpha value is -0.650. The molecule has 92 valence electrons. The van der Waals surface area contributed by atoms with Crippen molar-refractivity contribution in [1.29, 1.82) is 0 Å². The number of aromatic nitrogens is 2. The van der Waals surface area contributed by atoms with Crippen molar-refractivity contribution in [3.8, 4) is 10.6 Å². The minimum atomic E-state index is 0.00148. The van der Waals surface area contributed by atoms with Crippen molar-refractivity contribution in [1.82, 2.24) is 9.97 Å². The fraction of sp³-hybridized carbons (Fsp3) is 0.417. The highest BCUT2D eigenvalue weighted by Gasteiger charge is 2.23. The lowest BCUT2D eigenvalue weighted by atomic mass is 9.88. The molecule has 3 N–H and O–H groups in total. The lowest BCUT2D eigenvalue weighted by molar-refractivity contribution is 0.462. The highest BCUT2D eigenvalue weighted by molar-refractivity contribution is 9.11. The zero-order chi connectivity index (χ0) is 12.5. The van der Waals surface area contributed by atoms with Crippen molar-refractivity contribution < 1.29 is 0 Å². The van der Waals surface area contributed by atoms with Gasteiger partial charge in [-0.05, 0) is 41.0 Å². The number of imidazole rings is 1. The molecular formula is C12H16BrN3S. The van der Waals surface area contributed by atoms with Crippen LogP contribution in [0.5, 0.6) is 0 Å². The van der Waals surface area contributed by atoms with E-state index in [-0.39, 0.29) is 5.41 Å². The summed E-state index contributed by atoms with van der Waals surface area (Å²) in [4.78, 5) is 9.06. The van der Waals surface area contributed by atoms with Gasteiger partial charge < -0.3 is 10.7 Å². The number of nitrogens with two attached hydrogens (primary N) is 1. The van der Waals surface area contributed by atoms with Gasteiger partial charge in [0.25, 0.3) is 0 Å². The maximum Gasteiger partial charge on any atom is 0.112 e. The fourth-order valence-electron chi connectivity index (χ4n) is 1.73. The van der Waals surface area contributed by atoms with Gasteiger partial charge in [0.2, 0.25) is 0 Å². The topological polar surface area (TPSA) is 54.7 Å². The highest BCUT2D eigenvalue weighted by atomic mass is 79.9. The van der Waals surface area contributed by atoms with Crippen molar-refractivity contribution in [2.24, 2.45) is 5.73 Å². The van der Waals surface area contributed by atoms with Gasteiger partial charge in [-0.3, -0.25) is 0 Å². The third-order valence-corrected chi connectivity index (χ3v) is 4.48. The second-order valence-corrected chi connectivity index (χ2v) is 7.13. The molecule has 0 radical (unpaired) electrons. The number of thiophene rings is 1. The molecule has 0 unspecified atom stereocenters. The SMILES string of the molecule is CC(C)(CCN)c1ncc(-c2ccc(Br)s2)[nH]1. The van der Waals surface area contributed by atoms with Crippen molar-refractivity contribution in [3.05, 3.63) is 27.9 Å². The lowest BCUT2D eigenvalue weighted by Gasteiger charge is -2.20. The van der Waals surface area contributed by atoms with Crippen molar-refractivity contribution >= 4 is 27.3 Å². The molecule has 0 aliphatic rings. The van der Waals surface area contributed by atoms with E-state index in [2.05, 4.69) is 45.8 Å². The van der Waals surface area contributed by atoms with Gasteiger partial charge in [0.1, 0.15) is 5.82 Å². The number of nitrogens with zero attached hydrogens (tertiary/aromatic N) is 1. The second kappa shape index (κ2) is 4.92. The monoisotopic (exact) mass is 313 g/mol. The Morgan fingerprint density at radius 1 is 1.47 bits per heavy atom. The normalized spacial score (nSPS) is 12.0. The average molecular weight is 314 g/mol. The maximum atomic E-state index is 5.63. The molecule has 0 amide bonds. The molecule has 0 saturated carbocycles. The molecule has 0 aliphatic heterocycles. The first kappa shape index (κ1) is 12.8. The molecule has 2 aromatic rings. The van der Waals surface area contributed by atoms with Crippen LogP contribution in [0.4, 0.5) is 0 Å². The molecule has 0 atom stereocenters. The standard InChI is InChI=1S/C12H16BrN3S/c1-12(2,5-6-14)11-15-7-8(16-11)9-3-4-10(13)17-9/h3-4,7H,5-6,14H2,1-2H3,(H,15,16). The van der Waals surface area contributed by atoms with E-state index in [0.29, 0.717) is 6.54 Å². The zero-order valence-electron chi connectivity index (χ0n) is 9.96.